The van der Waals surface area contributed by atoms with E-state index in [1.807, 2.05) is 13.8 Å². The maximum atomic E-state index is 13.7. The van der Waals surface area contributed by atoms with Gasteiger partial charge in [0.25, 0.3) is 0 Å². The van der Waals surface area contributed by atoms with E-state index in [9.17, 15) is 14.0 Å². The van der Waals surface area contributed by atoms with Crippen molar-refractivity contribution in [1.82, 2.24) is 0 Å². The number of piperidine rings is 1. The largest absolute Gasteiger partial charge is 0.399 e. The van der Waals surface area contributed by atoms with Gasteiger partial charge in [-0.1, -0.05) is 13.8 Å². The van der Waals surface area contributed by atoms with E-state index >= 15 is 0 Å². The monoisotopic (exact) mass is 250 g/mol. The third-order valence-corrected chi connectivity index (χ3v) is 2.97. The highest BCUT2D eigenvalue weighted by atomic mass is 19.1. The molecular weight excluding hydrogens is 235 g/mol. The summed E-state index contributed by atoms with van der Waals surface area (Å²) in [4.78, 5) is 24.8. The van der Waals surface area contributed by atoms with Gasteiger partial charge in [-0.15, -0.1) is 0 Å². The number of hydrogen-bond acceptors (Lipinski definition) is 3. The summed E-state index contributed by atoms with van der Waals surface area (Å²) in [6.07, 6.45) is 0.450. The van der Waals surface area contributed by atoms with Gasteiger partial charge in [-0.05, 0) is 23.6 Å². The number of amides is 2. The zero-order valence-corrected chi connectivity index (χ0v) is 10.4. The Hall–Kier alpha value is -1.91. The molecule has 0 spiro atoms. The summed E-state index contributed by atoms with van der Waals surface area (Å²) in [6.45, 7) is 3.69. The Morgan fingerprint density at radius 3 is 2.28 bits per heavy atom. The van der Waals surface area contributed by atoms with Gasteiger partial charge in [0.2, 0.25) is 11.8 Å². The van der Waals surface area contributed by atoms with Crippen LogP contribution in [0.15, 0.2) is 18.2 Å². The van der Waals surface area contributed by atoms with Crippen LogP contribution in [0.2, 0.25) is 0 Å². The number of rotatable bonds is 1. The lowest BCUT2D eigenvalue weighted by Crippen LogP contribution is -2.46. The predicted molar refractivity (Wildman–Crippen MR) is 66.3 cm³/mol. The van der Waals surface area contributed by atoms with Crippen molar-refractivity contribution in [2.45, 2.75) is 26.7 Å². The van der Waals surface area contributed by atoms with Gasteiger partial charge >= 0.3 is 0 Å². The van der Waals surface area contributed by atoms with Gasteiger partial charge in [-0.2, -0.15) is 0 Å². The molecule has 18 heavy (non-hydrogen) atoms. The SMILES string of the molecule is CC1(C)CC(=O)N(c2ccc(N)cc2F)C(=O)C1. The highest BCUT2D eigenvalue weighted by Gasteiger charge is 2.39. The molecule has 2 N–H and O–H groups in total. The third kappa shape index (κ3) is 2.20. The molecule has 0 bridgehead atoms. The van der Waals surface area contributed by atoms with Gasteiger partial charge < -0.3 is 5.73 Å². The first-order chi connectivity index (χ1) is 8.30. The van der Waals surface area contributed by atoms with Gasteiger partial charge in [-0.3, -0.25) is 9.59 Å². The van der Waals surface area contributed by atoms with E-state index in [0.29, 0.717) is 0 Å². The highest BCUT2D eigenvalue weighted by molar-refractivity contribution is 6.17. The first-order valence-corrected chi connectivity index (χ1v) is 5.71. The van der Waals surface area contributed by atoms with Crippen molar-refractivity contribution in [2.75, 3.05) is 10.6 Å². The number of imide groups is 1. The molecule has 0 saturated carbocycles. The highest BCUT2D eigenvalue weighted by Crippen LogP contribution is 2.35. The molecule has 0 atom stereocenters. The molecule has 2 rings (SSSR count). The molecule has 2 amide bonds. The molecule has 0 radical (unpaired) electrons. The first-order valence-electron chi connectivity index (χ1n) is 5.71. The summed E-state index contributed by atoms with van der Waals surface area (Å²) in [5.74, 6) is -1.41. The van der Waals surface area contributed by atoms with Gasteiger partial charge in [-0.25, -0.2) is 9.29 Å². The van der Waals surface area contributed by atoms with Crippen LogP contribution in [0.5, 0.6) is 0 Å². The number of nitrogen functional groups attached to an aromatic ring is 1. The van der Waals surface area contributed by atoms with Crippen LogP contribution in [0.25, 0.3) is 0 Å². The topological polar surface area (TPSA) is 63.4 Å². The Bertz CT molecular complexity index is 506. The maximum Gasteiger partial charge on any atom is 0.234 e. The fourth-order valence-electron chi connectivity index (χ4n) is 2.15. The second kappa shape index (κ2) is 4.08. The Labute approximate surface area is 105 Å². The number of nitrogens with two attached hydrogens (primary N) is 1. The number of carbonyl (C=O) groups is 2. The second-order valence-corrected chi connectivity index (χ2v) is 5.35. The average Bonchev–Trinajstić information content (AvgIpc) is 2.18. The summed E-state index contributed by atoms with van der Waals surface area (Å²) in [5.41, 5.74) is 5.31. The molecule has 96 valence electrons. The molecule has 0 unspecified atom stereocenters. The molecular formula is C13H15FN2O2. The third-order valence-electron chi connectivity index (χ3n) is 2.97. The molecule has 0 aliphatic carbocycles. The Morgan fingerprint density at radius 1 is 1.22 bits per heavy atom. The van der Waals surface area contributed by atoms with Crippen LogP contribution in [0.3, 0.4) is 0 Å². The van der Waals surface area contributed by atoms with Crippen LogP contribution in [0.4, 0.5) is 15.8 Å². The fourth-order valence-corrected chi connectivity index (χ4v) is 2.15. The van der Waals surface area contributed by atoms with Crippen LogP contribution < -0.4 is 10.6 Å². The molecule has 1 aromatic carbocycles. The normalized spacial score (nSPS) is 19.2. The minimum Gasteiger partial charge on any atom is -0.399 e. The van der Waals surface area contributed by atoms with E-state index in [-0.39, 0.29) is 41.4 Å². The molecule has 1 fully saturated rings. The molecule has 1 aliphatic heterocycles. The summed E-state index contributed by atoms with van der Waals surface area (Å²) in [6, 6.07) is 3.94. The fraction of sp³-hybridized carbons (Fsp3) is 0.385. The van der Waals surface area contributed by atoms with Gasteiger partial charge in [0.1, 0.15) is 5.82 Å². The van der Waals surface area contributed by atoms with Crippen LogP contribution in [0.1, 0.15) is 26.7 Å². The Balaban J connectivity index is 2.39. The van der Waals surface area contributed by atoms with E-state index < -0.39 is 5.82 Å². The van der Waals surface area contributed by atoms with Crippen LogP contribution >= 0.6 is 0 Å². The van der Waals surface area contributed by atoms with E-state index in [0.717, 1.165) is 11.0 Å². The number of carbonyl (C=O) groups excluding carboxylic acids is 2. The summed E-state index contributed by atoms with van der Waals surface area (Å²) < 4.78 is 13.7. The number of nitrogens with zero attached hydrogens (tertiary/aromatic N) is 1. The standard InChI is InChI=1S/C13H15FN2O2/c1-13(2)6-11(17)16(12(18)7-13)10-4-3-8(15)5-9(10)14/h3-5H,6-7,15H2,1-2H3. The summed E-state index contributed by atoms with van der Waals surface area (Å²) in [5, 5.41) is 0. The number of hydrogen-bond donors (Lipinski definition) is 1. The smallest absolute Gasteiger partial charge is 0.234 e. The summed E-state index contributed by atoms with van der Waals surface area (Å²) in [7, 11) is 0. The van der Waals surface area contributed by atoms with E-state index in [4.69, 9.17) is 5.73 Å². The quantitative estimate of drug-likeness (QED) is 0.613. The van der Waals surface area contributed by atoms with Crippen molar-refractivity contribution < 1.29 is 14.0 Å². The average molecular weight is 250 g/mol. The lowest BCUT2D eigenvalue weighted by Gasteiger charge is -2.34. The lowest BCUT2D eigenvalue weighted by molar-refractivity contribution is -0.132. The second-order valence-electron chi connectivity index (χ2n) is 5.35. The summed E-state index contributed by atoms with van der Waals surface area (Å²) >= 11 is 0. The Morgan fingerprint density at radius 2 is 1.78 bits per heavy atom. The minimum absolute atomic E-state index is 0.0188. The zero-order valence-electron chi connectivity index (χ0n) is 10.4. The molecule has 1 saturated heterocycles. The zero-order chi connectivity index (χ0) is 13.5. The number of anilines is 2. The minimum atomic E-state index is -0.656. The van der Waals surface area contributed by atoms with Crippen molar-refractivity contribution in [1.29, 1.82) is 0 Å². The number of halogens is 1. The van der Waals surface area contributed by atoms with Crippen LogP contribution in [0, 0.1) is 11.2 Å². The van der Waals surface area contributed by atoms with Crippen LogP contribution in [-0.2, 0) is 9.59 Å². The van der Waals surface area contributed by atoms with Gasteiger partial charge in [0.15, 0.2) is 0 Å². The van der Waals surface area contributed by atoms with Crippen molar-refractivity contribution in [2.24, 2.45) is 5.41 Å². The van der Waals surface area contributed by atoms with Gasteiger partial charge in [0.05, 0.1) is 5.69 Å². The molecule has 5 heteroatoms. The van der Waals surface area contributed by atoms with Crippen molar-refractivity contribution >= 4 is 23.2 Å². The molecule has 1 aromatic rings. The molecule has 0 aromatic heterocycles. The number of benzene rings is 1. The molecule has 1 heterocycles. The lowest BCUT2D eigenvalue weighted by atomic mass is 9.81. The van der Waals surface area contributed by atoms with Crippen molar-refractivity contribution in [3.63, 3.8) is 0 Å². The maximum absolute atomic E-state index is 13.7. The first kappa shape index (κ1) is 12.5. The van der Waals surface area contributed by atoms with Crippen LogP contribution in [-0.4, -0.2) is 11.8 Å². The molecule has 1 aliphatic rings. The van der Waals surface area contributed by atoms with E-state index in [2.05, 4.69) is 0 Å². The van der Waals surface area contributed by atoms with E-state index in [1.54, 1.807) is 0 Å². The van der Waals surface area contributed by atoms with E-state index in [1.165, 1.54) is 12.1 Å². The molecule has 4 nitrogen and oxygen atoms in total. The Kier molecular flexibility index (Phi) is 2.84. The van der Waals surface area contributed by atoms with Crippen molar-refractivity contribution in [3.05, 3.63) is 24.0 Å². The van der Waals surface area contributed by atoms with Gasteiger partial charge in [0, 0.05) is 18.5 Å². The van der Waals surface area contributed by atoms with Crippen molar-refractivity contribution in [3.8, 4) is 0 Å². The predicted octanol–water partition coefficient (Wildman–Crippen LogP) is 2.09.